The van der Waals surface area contributed by atoms with Crippen molar-refractivity contribution in [3.05, 3.63) is 17.2 Å². The van der Waals surface area contributed by atoms with Gasteiger partial charge < -0.3 is 9.88 Å². The summed E-state index contributed by atoms with van der Waals surface area (Å²) in [6.07, 6.45) is 12.5. The number of imidazole rings is 1. The predicted molar refractivity (Wildman–Crippen MR) is 80.8 cm³/mol. The van der Waals surface area contributed by atoms with E-state index in [1.807, 2.05) is 0 Å². The normalized spacial score (nSPS) is 23.8. The number of nitrogens with zero attached hydrogens (tertiary/aromatic N) is 2. The topological polar surface area (TPSA) is 29.9 Å². The van der Waals surface area contributed by atoms with E-state index in [9.17, 15) is 0 Å². The molecule has 2 fully saturated rings. The molecule has 1 aromatic rings. The van der Waals surface area contributed by atoms with Gasteiger partial charge in [0, 0.05) is 37.7 Å². The molecule has 0 amide bonds. The first kappa shape index (κ1) is 12.9. The highest BCUT2D eigenvalue weighted by molar-refractivity contribution is 5.22. The molecule has 3 nitrogen and oxygen atoms in total. The van der Waals surface area contributed by atoms with E-state index in [2.05, 4.69) is 9.88 Å². The third-order valence-corrected chi connectivity index (χ3v) is 5.72. The van der Waals surface area contributed by atoms with Crippen LogP contribution in [0, 0.1) is 5.92 Å². The number of hydrogen-bond donors (Lipinski definition) is 1. The second-order valence-corrected chi connectivity index (χ2v) is 7.01. The Kier molecular flexibility index (Phi) is 3.55. The van der Waals surface area contributed by atoms with Crippen LogP contribution in [-0.2, 0) is 19.5 Å². The number of aromatic nitrogens is 2. The van der Waals surface area contributed by atoms with Gasteiger partial charge in [-0.05, 0) is 25.2 Å². The van der Waals surface area contributed by atoms with Crippen LogP contribution in [0.5, 0.6) is 0 Å². The molecule has 0 saturated heterocycles. The third-order valence-electron chi connectivity index (χ3n) is 5.72. The fourth-order valence-electron chi connectivity index (χ4n) is 4.23. The van der Waals surface area contributed by atoms with E-state index < -0.39 is 0 Å². The van der Waals surface area contributed by atoms with E-state index >= 15 is 0 Å². The van der Waals surface area contributed by atoms with E-state index in [0.29, 0.717) is 0 Å². The van der Waals surface area contributed by atoms with E-state index in [4.69, 9.17) is 4.98 Å². The first-order chi connectivity index (χ1) is 9.92. The van der Waals surface area contributed by atoms with Gasteiger partial charge in [-0.2, -0.15) is 0 Å². The van der Waals surface area contributed by atoms with E-state index in [0.717, 1.165) is 24.9 Å². The van der Waals surface area contributed by atoms with Crippen molar-refractivity contribution >= 4 is 0 Å². The highest BCUT2D eigenvalue weighted by Gasteiger charge is 2.27. The summed E-state index contributed by atoms with van der Waals surface area (Å²) in [5.41, 5.74) is 2.91. The maximum absolute atomic E-state index is 5.05. The molecule has 2 aliphatic carbocycles. The minimum atomic E-state index is 0.752. The molecule has 0 spiro atoms. The van der Waals surface area contributed by atoms with Crippen molar-refractivity contribution in [3.8, 4) is 0 Å². The Morgan fingerprint density at radius 2 is 1.95 bits per heavy atom. The van der Waals surface area contributed by atoms with E-state index in [1.54, 1.807) is 5.69 Å². The standard InChI is InChI=1S/C17H27N3/c1-2-7-14(6-1)17-19-15-12-18-10-8-16(15)20(17)11-9-13-4-3-5-13/h13-14,18H,1-12H2. The van der Waals surface area contributed by atoms with Crippen LogP contribution in [0.1, 0.15) is 74.5 Å². The highest BCUT2D eigenvalue weighted by atomic mass is 15.1. The summed E-state index contributed by atoms with van der Waals surface area (Å²) in [4.78, 5) is 5.05. The molecule has 4 rings (SSSR count). The van der Waals surface area contributed by atoms with E-state index in [-0.39, 0.29) is 0 Å². The van der Waals surface area contributed by atoms with Crippen molar-refractivity contribution < 1.29 is 0 Å². The van der Waals surface area contributed by atoms with Crippen molar-refractivity contribution in [2.24, 2.45) is 5.92 Å². The Morgan fingerprint density at radius 3 is 2.70 bits per heavy atom. The van der Waals surface area contributed by atoms with Gasteiger partial charge in [0.25, 0.3) is 0 Å². The molecule has 0 radical (unpaired) electrons. The Morgan fingerprint density at radius 1 is 1.10 bits per heavy atom. The van der Waals surface area contributed by atoms with Crippen LogP contribution in [-0.4, -0.2) is 16.1 Å². The van der Waals surface area contributed by atoms with Crippen molar-refractivity contribution in [2.75, 3.05) is 6.54 Å². The quantitative estimate of drug-likeness (QED) is 0.911. The predicted octanol–water partition coefficient (Wildman–Crippen LogP) is 3.38. The molecule has 1 N–H and O–H groups in total. The molecule has 1 aliphatic heterocycles. The lowest BCUT2D eigenvalue weighted by Crippen LogP contribution is -2.25. The van der Waals surface area contributed by atoms with Crippen molar-refractivity contribution in [1.29, 1.82) is 0 Å². The summed E-state index contributed by atoms with van der Waals surface area (Å²) in [5.74, 6) is 3.20. The average molecular weight is 273 g/mol. The number of rotatable bonds is 4. The average Bonchev–Trinajstić information content (AvgIpc) is 3.04. The zero-order valence-corrected chi connectivity index (χ0v) is 12.5. The molecule has 0 atom stereocenters. The summed E-state index contributed by atoms with van der Waals surface area (Å²) in [7, 11) is 0. The number of fused-ring (bicyclic) bond motifs is 1. The maximum Gasteiger partial charge on any atom is 0.112 e. The molecule has 3 aliphatic rings. The van der Waals surface area contributed by atoms with Crippen LogP contribution in [0.2, 0.25) is 0 Å². The Bertz CT molecular complexity index is 467. The minimum absolute atomic E-state index is 0.752. The summed E-state index contributed by atoms with van der Waals surface area (Å²) in [6, 6.07) is 0. The van der Waals surface area contributed by atoms with Crippen LogP contribution in [0.4, 0.5) is 0 Å². The van der Waals surface area contributed by atoms with Crippen LogP contribution in [0.3, 0.4) is 0 Å². The Labute approximate surface area is 122 Å². The molecule has 3 heteroatoms. The second kappa shape index (κ2) is 5.51. The van der Waals surface area contributed by atoms with Gasteiger partial charge >= 0.3 is 0 Å². The third kappa shape index (κ3) is 2.30. The number of nitrogens with one attached hydrogen (secondary N) is 1. The SMILES string of the molecule is C1CC(CCn2c(C3CCCC3)nc3c2CCNC3)C1. The van der Waals surface area contributed by atoms with E-state index in [1.165, 1.54) is 75.9 Å². The first-order valence-corrected chi connectivity index (χ1v) is 8.70. The molecule has 0 bridgehead atoms. The highest BCUT2D eigenvalue weighted by Crippen LogP contribution is 2.36. The Balaban J connectivity index is 1.59. The van der Waals surface area contributed by atoms with Gasteiger partial charge in [0.1, 0.15) is 5.82 Å². The summed E-state index contributed by atoms with van der Waals surface area (Å²) in [6.45, 7) is 3.36. The zero-order chi connectivity index (χ0) is 13.4. The summed E-state index contributed by atoms with van der Waals surface area (Å²) in [5, 5.41) is 3.48. The molecule has 2 heterocycles. The lowest BCUT2D eigenvalue weighted by atomic mass is 9.83. The van der Waals surface area contributed by atoms with Crippen molar-refractivity contribution in [1.82, 2.24) is 14.9 Å². The first-order valence-electron chi connectivity index (χ1n) is 8.70. The van der Waals surface area contributed by atoms with Crippen LogP contribution in [0.25, 0.3) is 0 Å². The molecular weight excluding hydrogens is 246 g/mol. The molecule has 0 unspecified atom stereocenters. The fourth-order valence-corrected chi connectivity index (χ4v) is 4.23. The summed E-state index contributed by atoms with van der Waals surface area (Å²) < 4.78 is 2.64. The monoisotopic (exact) mass is 273 g/mol. The summed E-state index contributed by atoms with van der Waals surface area (Å²) >= 11 is 0. The van der Waals surface area contributed by atoms with Gasteiger partial charge in [0.05, 0.1) is 5.69 Å². The van der Waals surface area contributed by atoms with Crippen molar-refractivity contribution in [2.45, 2.75) is 76.8 Å². The molecule has 2 saturated carbocycles. The lowest BCUT2D eigenvalue weighted by molar-refractivity contribution is 0.279. The number of hydrogen-bond acceptors (Lipinski definition) is 2. The van der Waals surface area contributed by atoms with Crippen LogP contribution < -0.4 is 5.32 Å². The van der Waals surface area contributed by atoms with Gasteiger partial charge in [0.15, 0.2) is 0 Å². The zero-order valence-electron chi connectivity index (χ0n) is 12.5. The molecule has 110 valence electrons. The Hall–Kier alpha value is -0.830. The van der Waals surface area contributed by atoms with Gasteiger partial charge in [0.2, 0.25) is 0 Å². The van der Waals surface area contributed by atoms with Crippen LogP contribution in [0.15, 0.2) is 0 Å². The van der Waals surface area contributed by atoms with Gasteiger partial charge in [-0.1, -0.05) is 32.1 Å². The van der Waals surface area contributed by atoms with Gasteiger partial charge in [-0.15, -0.1) is 0 Å². The largest absolute Gasteiger partial charge is 0.331 e. The van der Waals surface area contributed by atoms with Crippen LogP contribution >= 0.6 is 0 Å². The maximum atomic E-state index is 5.05. The second-order valence-electron chi connectivity index (χ2n) is 7.01. The smallest absolute Gasteiger partial charge is 0.112 e. The molecule has 1 aromatic heterocycles. The molecule has 0 aromatic carbocycles. The van der Waals surface area contributed by atoms with Gasteiger partial charge in [-0.25, -0.2) is 4.98 Å². The minimum Gasteiger partial charge on any atom is -0.331 e. The molecule has 20 heavy (non-hydrogen) atoms. The van der Waals surface area contributed by atoms with Gasteiger partial charge in [-0.3, -0.25) is 0 Å². The lowest BCUT2D eigenvalue weighted by Gasteiger charge is -2.27. The fraction of sp³-hybridized carbons (Fsp3) is 0.824. The van der Waals surface area contributed by atoms with Crippen molar-refractivity contribution in [3.63, 3.8) is 0 Å². The molecular formula is C17H27N3.